The van der Waals surface area contributed by atoms with E-state index in [4.69, 9.17) is 0 Å². The largest absolute Gasteiger partial charge is 0.314 e. The van der Waals surface area contributed by atoms with Gasteiger partial charge in [-0.25, -0.2) is 0 Å². The second kappa shape index (κ2) is 7.63. The van der Waals surface area contributed by atoms with Gasteiger partial charge in [-0.1, -0.05) is 46.8 Å². The maximum atomic E-state index is 3.65. The minimum absolute atomic E-state index is 0.389. The molecule has 1 rings (SSSR count). The average molecular weight is 373 g/mol. The quantitative estimate of drug-likeness (QED) is 0.701. The molecule has 1 N–H and O–H groups in total. The van der Waals surface area contributed by atoms with Crippen LogP contribution < -0.4 is 5.32 Å². The third-order valence-electron chi connectivity index (χ3n) is 4.00. The molecule has 0 aliphatic rings. The molecular weight excluding hydrogens is 345 g/mol. The van der Waals surface area contributed by atoms with Crippen molar-refractivity contribution in [3.63, 3.8) is 0 Å². The van der Waals surface area contributed by atoms with Gasteiger partial charge in [0.25, 0.3) is 0 Å². The van der Waals surface area contributed by atoms with Crippen LogP contribution in [0.15, 0.2) is 24.3 Å². The number of benzene rings is 1. The SMILES string of the molecule is CCNC(Cc1ccc(I)cc1)CC(C)C(C)(C)C. The van der Waals surface area contributed by atoms with E-state index in [0.29, 0.717) is 11.5 Å². The average Bonchev–Trinajstić information content (AvgIpc) is 2.31. The van der Waals surface area contributed by atoms with Crippen molar-refractivity contribution in [2.75, 3.05) is 6.54 Å². The van der Waals surface area contributed by atoms with Gasteiger partial charge in [0.1, 0.15) is 0 Å². The number of likely N-dealkylation sites (N-methyl/N-ethyl adjacent to an activating group) is 1. The summed E-state index contributed by atoms with van der Waals surface area (Å²) in [7, 11) is 0. The molecule has 0 saturated heterocycles. The lowest BCUT2D eigenvalue weighted by molar-refractivity contribution is 0.222. The first kappa shape index (κ1) is 17.0. The Bertz CT molecular complexity index is 364. The molecule has 0 amide bonds. The fraction of sp³-hybridized carbons (Fsp3) is 0.647. The minimum atomic E-state index is 0.389. The van der Waals surface area contributed by atoms with Crippen molar-refractivity contribution in [2.45, 2.75) is 53.5 Å². The van der Waals surface area contributed by atoms with Crippen LogP contribution >= 0.6 is 22.6 Å². The predicted octanol–water partition coefficient (Wildman–Crippen LogP) is 4.88. The third kappa shape index (κ3) is 6.26. The van der Waals surface area contributed by atoms with E-state index in [2.05, 4.69) is 86.8 Å². The number of halogens is 1. The van der Waals surface area contributed by atoms with Crippen molar-refractivity contribution in [1.82, 2.24) is 5.32 Å². The number of nitrogens with one attached hydrogen (secondary N) is 1. The number of hydrogen-bond donors (Lipinski definition) is 1. The van der Waals surface area contributed by atoms with Crippen LogP contribution in [0.2, 0.25) is 0 Å². The molecule has 0 fully saturated rings. The van der Waals surface area contributed by atoms with Crippen LogP contribution in [0.25, 0.3) is 0 Å². The highest BCUT2D eigenvalue weighted by molar-refractivity contribution is 14.1. The van der Waals surface area contributed by atoms with Crippen LogP contribution in [0.3, 0.4) is 0 Å². The molecule has 0 heterocycles. The lowest BCUT2D eigenvalue weighted by atomic mass is 9.78. The number of rotatable bonds is 6. The summed E-state index contributed by atoms with van der Waals surface area (Å²) in [5.74, 6) is 0.723. The molecule has 1 aromatic rings. The van der Waals surface area contributed by atoms with Crippen LogP contribution in [0.1, 0.15) is 46.6 Å². The van der Waals surface area contributed by atoms with Gasteiger partial charge in [-0.05, 0) is 71.0 Å². The zero-order valence-corrected chi connectivity index (χ0v) is 15.1. The van der Waals surface area contributed by atoms with E-state index in [1.807, 2.05) is 0 Å². The highest BCUT2D eigenvalue weighted by Crippen LogP contribution is 2.29. The van der Waals surface area contributed by atoms with Gasteiger partial charge >= 0.3 is 0 Å². The fourth-order valence-corrected chi connectivity index (χ4v) is 2.57. The molecule has 2 unspecified atom stereocenters. The zero-order chi connectivity index (χ0) is 14.5. The van der Waals surface area contributed by atoms with Crippen LogP contribution in [0.5, 0.6) is 0 Å². The van der Waals surface area contributed by atoms with Gasteiger partial charge in [0.05, 0.1) is 0 Å². The Morgan fingerprint density at radius 1 is 1.16 bits per heavy atom. The van der Waals surface area contributed by atoms with Gasteiger partial charge in [0.15, 0.2) is 0 Å². The lowest BCUT2D eigenvalue weighted by Crippen LogP contribution is -2.35. The molecule has 0 aliphatic carbocycles. The summed E-state index contributed by atoms with van der Waals surface area (Å²) < 4.78 is 1.31. The molecule has 19 heavy (non-hydrogen) atoms. The molecule has 2 atom stereocenters. The summed E-state index contributed by atoms with van der Waals surface area (Å²) in [5, 5.41) is 3.65. The molecule has 0 saturated carbocycles. The van der Waals surface area contributed by atoms with Gasteiger partial charge in [0, 0.05) is 9.61 Å². The van der Waals surface area contributed by atoms with Gasteiger partial charge in [-0.15, -0.1) is 0 Å². The topological polar surface area (TPSA) is 12.0 Å². The first-order chi connectivity index (χ1) is 8.82. The molecule has 0 aliphatic heterocycles. The monoisotopic (exact) mass is 373 g/mol. The van der Waals surface area contributed by atoms with E-state index in [1.165, 1.54) is 15.6 Å². The lowest BCUT2D eigenvalue weighted by Gasteiger charge is -2.31. The van der Waals surface area contributed by atoms with Crippen molar-refractivity contribution in [3.8, 4) is 0 Å². The summed E-state index contributed by atoms with van der Waals surface area (Å²) in [4.78, 5) is 0. The second-order valence-electron chi connectivity index (χ2n) is 6.59. The van der Waals surface area contributed by atoms with E-state index < -0.39 is 0 Å². The van der Waals surface area contributed by atoms with Gasteiger partial charge in [-0.3, -0.25) is 0 Å². The zero-order valence-electron chi connectivity index (χ0n) is 13.0. The van der Waals surface area contributed by atoms with Crippen LogP contribution in [0, 0.1) is 14.9 Å². The molecule has 0 aromatic heterocycles. The molecule has 2 heteroatoms. The first-order valence-electron chi connectivity index (χ1n) is 7.30. The number of hydrogen-bond acceptors (Lipinski definition) is 1. The molecule has 0 radical (unpaired) electrons. The maximum absolute atomic E-state index is 3.65. The van der Waals surface area contributed by atoms with Crippen LogP contribution in [-0.2, 0) is 6.42 Å². The summed E-state index contributed by atoms with van der Waals surface area (Å²) in [5.41, 5.74) is 1.83. The van der Waals surface area contributed by atoms with E-state index in [1.54, 1.807) is 0 Å². The Labute approximate surface area is 132 Å². The molecule has 0 spiro atoms. The summed E-state index contributed by atoms with van der Waals surface area (Å²) >= 11 is 2.36. The van der Waals surface area contributed by atoms with E-state index in [0.717, 1.165) is 18.9 Å². The second-order valence-corrected chi connectivity index (χ2v) is 7.83. The van der Waals surface area contributed by atoms with Gasteiger partial charge in [0.2, 0.25) is 0 Å². The summed E-state index contributed by atoms with van der Waals surface area (Å²) in [6.45, 7) is 12.6. The highest BCUT2D eigenvalue weighted by Gasteiger charge is 2.23. The van der Waals surface area contributed by atoms with E-state index >= 15 is 0 Å². The van der Waals surface area contributed by atoms with Gasteiger partial charge in [-0.2, -0.15) is 0 Å². The standard InChI is InChI=1S/C17H28IN/c1-6-19-16(11-13(2)17(3,4)5)12-14-7-9-15(18)10-8-14/h7-10,13,16,19H,6,11-12H2,1-5H3. The van der Waals surface area contributed by atoms with Crippen molar-refractivity contribution in [2.24, 2.45) is 11.3 Å². The van der Waals surface area contributed by atoms with Crippen molar-refractivity contribution in [1.29, 1.82) is 0 Å². The smallest absolute Gasteiger partial charge is 0.0130 e. The van der Waals surface area contributed by atoms with Crippen molar-refractivity contribution < 1.29 is 0 Å². The normalized spacial score (nSPS) is 15.3. The molecule has 1 nitrogen and oxygen atoms in total. The highest BCUT2D eigenvalue weighted by atomic mass is 127. The Morgan fingerprint density at radius 3 is 2.21 bits per heavy atom. The fourth-order valence-electron chi connectivity index (χ4n) is 2.21. The predicted molar refractivity (Wildman–Crippen MR) is 93.6 cm³/mol. The third-order valence-corrected chi connectivity index (χ3v) is 4.72. The van der Waals surface area contributed by atoms with E-state index in [9.17, 15) is 0 Å². The maximum Gasteiger partial charge on any atom is 0.0130 e. The summed E-state index contributed by atoms with van der Waals surface area (Å²) in [6, 6.07) is 9.50. The van der Waals surface area contributed by atoms with E-state index in [-0.39, 0.29) is 0 Å². The van der Waals surface area contributed by atoms with Crippen molar-refractivity contribution in [3.05, 3.63) is 33.4 Å². The minimum Gasteiger partial charge on any atom is -0.314 e. The Kier molecular flexibility index (Phi) is 6.81. The Balaban J connectivity index is 2.64. The van der Waals surface area contributed by atoms with Gasteiger partial charge < -0.3 is 5.32 Å². The Hall–Kier alpha value is -0.0900. The molecular formula is C17H28IN. The molecule has 108 valence electrons. The molecule has 0 bridgehead atoms. The summed E-state index contributed by atoms with van der Waals surface area (Å²) in [6.07, 6.45) is 2.37. The Morgan fingerprint density at radius 2 is 1.74 bits per heavy atom. The van der Waals surface area contributed by atoms with Crippen LogP contribution in [-0.4, -0.2) is 12.6 Å². The van der Waals surface area contributed by atoms with Crippen LogP contribution in [0.4, 0.5) is 0 Å². The first-order valence-corrected chi connectivity index (χ1v) is 8.38. The van der Waals surface area contributed by atoms with Crippen molar-refractivity contribution >= 4 is 22.6 Å². The molecule has 1 aromatic carbocycles.